The third kappa shape index (κ3) is 3.44. The Hall–Kier alpha value is -1.22. The van der Waals surface area contributed by atoms with E-state index in [1.165, 1.54) is 6.92 Å². The fourth-order valence-corrected chi connectivity index (χ4v) is 1.16. The van der Waals surface area contributed by atoms with Gasteiger partial charge in [-0.1, -0.05) is 29.8 Å². The number of carbonyl (C=O) groups excluding carboxylic acids is 1. The van der Waals surface area contributed by atoms with Gasteiger partial charge >= 0.3 is 5.97 Å². The molecule has 3 nitrogen and oxygen atoms in total. The van der Waals surface area contributed by atoms with Crippen LogP contribution in [0.1, 0.15) is 13.8 Å². The molecule has 0 N–H and O–H groups in total. The molecule has 0 aliphatic heterocycles. The quantitative estimate of drug-likeness (QED) is 0.587. The van der Waals surface area contributed by atoms with Crippen molar-refractivity contribution in [1.29, 1.82) is 0 Å². The van der Waals surface area contributed by atoms with Gasteiger partial charge in [0.05, 0.1) is 6.61 Å². The average Bonchev–Trinajstić information content (AvgIpc) is 2.19. The van der Waals surface area contributed by atoms with Crippen LogP contribution < -0.4 is 4.74 Å². The van der Waals surface area contributed by atoms with E-state index in [-0.39, 0.29) is 6.61 Å². The number of carbonyl (C=O) groups is 1. The molecule has 0 aliphatic rings. The molecule has 0 amide bonds. The molecule has 1 aromatic rings. The van der Waals surface area contributed by atoms with E-state index in [4.69, 9.17) is 21.1 Å². The standard InChI is InChI=1S/C11H13ClO3/c1-3-14-10(13)11(2,12)15-9-7-5-4-6-8-9/h4-8H,3H2,1-2H3. The molecule has 82 valence electrons. The molecule has 0 bridgehead atoms. The Balaban J connectivity index is 2.68. The second-order valence-electron chi connectivity index (χ2n) is 3.05. The minimum Gasteiger partial charge on any atom is -0.462 e. The second kappa shape index (κ2) is 5.03. The highest BCUT2D eigenvalue weighted by molar-refractivity contribution is 6.32. The maximum atomic E-state index is 11.4. The monoisotopic (exact) mass is 228 g/mol. The van der Waals surface area contributed by atoms with E-state index < -0.39 is 11.0 Å². The Morgan fingerprint density at radius 2 is 2.00 bits per heavy atom. The summed E-state index contributed by atoms with van der Waals surface area (Å²) in [6.07, 6.45) is 0. The Labute approximate surface area is 93.9 Å². The van der Waals surface area contributed by atoms with E-state index in [0.717, 1.165) is 0 Å². The summed E-state index contributed by atoms with van der Waals surface area (Å²) in [7, 11) is 0. The van der Waals surface area contributed by atoms with E-state index in [2.05, 4.69) is 0 Å². The number of halogens is 1. The molecular formula is C11H13ClO3. The van der Waals surface area contributed by atoms with Crippen molar-refractivity contribution >= 4 is 17.6 Å². The van der Waals surface area contributed by atoms with Gasteiger partial charge in [-0.2, -0.15) is 0 Å². The fraction of sp³-hybridized carbons (Fsp3) is 0.364. The van der Waals surface area contributed by atoms with Gasteiger partial charge < -0.3 is 9.47 Å². The number of ether oxygens (including phenoxy) is 2. The van der Waals surface area contributed by atoms with Crippen molar-refractivity contribution in [3.8, 4) is 5.75 Å². The summed E-state index contributed by atoms with van der Waals surface area (Å²) >= 11 is 5.90. The largest absolute Gasteiger partial charge is 0.462 e. The fourth-order valence-electron chi connectivity index (χ4n) is 1.01. The van der Waals surface area contributed by atoms with Gasteiger partial charge in [-0.05, 0) is 19.1 Å². The highest BCUT2D eigenvalue weighted by atomic mass is 35.5. The lowest BCUT2D eigenvalue weighted by molar-refractivity contribution is -0.153. The number of benzene rings is 1. The van der Waals surface area contributed by atoms with Crippen LogP contribution in [0, 0.1) is 0 Å². The van der Waals surface area contributed by atoms with Crippen LogP contribution in [0.15, 0.2) is 30.3 Å². The molecule has 0 aromatic heterocycles. The van der Waals surface area contributed by atoms with Gasteiger partial charge in [0.2, 0.25) is 0 Å². The normalized spacial score (nSPS) is 14.1. The van der Waals surface area contributed by atoms with Crippen LogP contribution in [0.25, 0.3) is 0 Å². The smallest absolute Gasteiger partial charge is 0.366 e. The van der Waals surface area contributed by atoms with Crippen LogP contribution in [-0.4, -0.2) is 17.6 Å². The molecular weight excluding hydrogens is 216 g/mol. The van der Waals surface area contributed by atoms with Crippen molar-refractivity contribution < 1.29 is 14.3 Å². The van der Waals surface area contributed by atoms with Crippen molar-refractivity contribution in [1.82, 2.24) is 0 Å². The molecule has 0 radical (unpaired) electrons. The summed E-state index contributed by atoms with van der Waals surface area (Å²) in [5.74, 6) is -0.0569. The molecule has 0 aliphatic carbocycles. The van der Waals surface area contributed by atoms with Crippen molar-refractivity contribution in [2.45, 2.75) is 18.9 Å². The zero-order valence-electron chi connectivity index (χ0n) is 8.70. The number of alkyl halides is 1. The molecule has 4 heteroatoms. The highest BCUT2D eigenvalue weighted by Gasteiger charge is 2.34. The van der Waals surface area contributed by atoms with Crippen LogP contribution in [-0.2, 0) is 9.53 Å². The van der Waals surface area contributed by atoms with Crippen molar-refractivity contribution in [3.05, 3.63) is 30.3 Å². The molecule has 0 spiro atoms. The first-order valence-electron chi connectivity index (χ1n) is 4.66. The van der Waals surface area contributed by atoms with Crippen LogP contribution in [0.3, 0.4) is 0 Å². The third-order valence-corrected chi connectivity index (χ3v) is 1.92. The summed E-state index contributed by atoms with van der Waals surface area (Å²) in [6.45, 7) is 3.45. The number of rotatable bonds is 4. The molecule has 15 heavy (non-hydrogen) atoms. The van der Waals surface area contributed by atoms with E-state index in [1.807, 2.05) is 6.07 Å². The molecule has 1 aromatic carbocycles. The Morgan fingerprint density at radius 3 is 2.53 bits per heavy atom. The topological polar surface area (TPSA) is 35.5 Å². The van der Waals surface area contributed by atoms with Crippen LogP contribution in [0.4, 0.5) is 0 Å². The molecule has 1 unspecified atom stereocenters. The Morgan fingerprint density at radius 1 is 1.40 bits per heavy atom. The molecule has 1 atom stereocenters. The zero-order valence-corrected chi connectivity index (χ0v) is 9.45. The van der Waals surface area contributed by atoms with E-state index in [1.54, 1.807) is 31.2 Å². The number of hydrogen-bond acceptors (Lipinski definition) is 3. The van der Waals surface area contributed by atoms with Crippen LogP contribution >= 0.6 is 11.6 Å². The summed E-state index contributed by atoms with van der Waals surface area (Å²) in [6, 6.07) is 8.89. The Kier molecular flexibility index (Phi) is 3.97. The number of para-hydroxylation sites is 1. The van der Waals surface area contributed by atoms with Crippen LogP contribution in [0.2, 0.25) is 0 Å². The zero-order chi connectivity index (χ0) is 11.3. The van der Waals surface area contributed by atoms with Crippen molar-refractivity contribution in [2.75, 3.05) is 6.61 Å². The number of esters is 1. The summed E-state index contributed by atoms with van der Waals surface area (Å²) in [5.41, 5.74) is 0. The minimum atomic E-state index is -1.47. The third-order valence-electron chi connectivity index (χ3n) is 1.69. The lowest BCUT2D eigenvalue weighted by Gasteiger charge is -2.21. The summed E-state index contributed by atoms with van der Waals surface area (Å²) in [4.78, 5) is 11.4. The predicted molar refractivity (Wildman–Crippen MR) is 58.0 cm³/mol. The van der Waals surface area contributed by atoms with Gasteiger partial charge in [-0.25, -0.2) is 4.79 Å². The molecule has 0 saturated carbocycles. The van der Waals surface area contributed by atoms with E-state index in [0.29, 0.717) is 5.75 Å². The maximum Gasteiger partial charge on any atom is 0.366 e. The lowest BCUT2D eigenvalue weighted by atomic mass is 10.3. The first-order chi connectivity index (χ1) is 7.06. The van der Waals surface area contributed by atoms with E-state index >= 15 is 0 Å². The average molecular weight is 229 g/mol. The van der Waals surface area contributed by atoms with Gasteiger partial charge in [0.25, 0.3) is 5.06 Å². The Bertz CT molecular complexity index is 322. The lowest BCUT2D eigenvalue weighted by Crippen LogP contribution is -2.37. The molecule has 0 heterocycles. The first kappa shape index (κ1) is 11.9. The number of hydrogen-bond donors (Lipinski definition) is 0. The molecule has 0 saturated heterocycles. The van der Waals surface area contributed by atoms with E-state index in [9.17, 15) is 4.79 Å². The van der Waals surface area contributed by atoms with Gasteiger partial charge in [0.1, 0.15) is 5.75 Å². The predicted octanol–water partition coefficient (Wildman–Crippen LogP) is 2.58. The van der Waals surface area contributed by atoms with Gasteiger partial charge in [0, 0.05) is 6.92 Å². The summed E-state index contributed by atoms with van der Waals surface area (Å²) < 4.78 is 10.1. The van der Waals surface area contributed by atoms with Crippen LogP contribution in [0.5, 0.6) is 5.75 Å². The van der Waals surface area contributed by atoms with Crippen molar-refractivity contribution in [3.63, 3.8) is 0 Å². The van der Waals surface area contributed by atoms with Gasteiger partial charge in [-0.15, -0.1) is 0 Å². The SMILES string of the molecule is CCOC(=O)C(C)(Cl)Oc1ccccc1. The van der Waals surface area contributed by atoms with Gasteiger partial charge in [0.15, 0.2) is 0 Å². The van der Waals surface area contributed by atoms with Crippen molar-refractivity contribution in [2.24, 2.45) is 0 Å². The first-order valence-corrected chi connectivity index (χ1v) is 5.04. The second-order valence-corrected chi connectivity index (χ2v) is 3.77. The maximum absolute atomic E-state index is 11.4. The summed E-state index contributed by atoms with van der Waals surface area (Å²) in [5, 5.41) is -1.47. The highest BCUT2D eigenvalue weighted by Crippen LogP contribution is 2.22. The molecule has 1 rings (SSSR count). The van der Waals surface area contributed by atoms with Gasteiger partial charge in [-0.3, -0.25) is 0 Å². The molecule has 0 fully saturated rings. The minimum absolute atomic E-state index is 0.277.